The number of hydrogen-bond acceptors (Lipinski definition) is 3. The molecular formula is C11H19NO3. The van der Waals surface area contributed by atoms with Crippen LogP contribution in [0.1, 0.15) is 39.5 Å². The molecule has 0 aliphatic heterocycles. The maximum Gasteiger partial charge on any atom is 0.307 e. The van der Waals surface area contributed by atoms with Gasteiger partial charge in [0, 0.05) is 12.5 Å². The van der Waals surface area contributed by atoms with E-state index < -0.39 is 0 Å². The van der Waals surface area contributed by atoms with Gasteiger partial charge in [0.05, 0.1) is 12.5 Å². The van der Waals surface area contributed by atoms with Gasteiger partial charge in [-0.05, 0) is 26.7 Å². The molecule has 1 fully saturated rings. The van der Waals surface area contributed by atoms with Crippen LogP contribution in [-0.2, 0) is 14.3 Å². The smallest absolute Gasteiger partial charge is 0.307 e. The Labute approximate surface area is 90.4 Å². The van der Waals surface area contributed by atoms with Gasteiger partial charge in [0.1, 0.15) is 0 Å². The Hall–Kier alpha value is -1.06. The van der Waals surface area contributed by atoms with Gasteiger partial charge in [-0.1, -0.05) is 6.42 Å². The van der Waals surface area contributed by atoms with E-state index in [1.807, 2.05) is 13.8 Å². The van der Waals surface area contributed by atoms with Crippen LogP contribution in [0.25, 0.3) is 0 Å². The summed E-state index contributed by atoms with van der Waals surface area (Å²) >= 11 is 0. The van der Waals surface area contributed by atoms with E-state index in [0.717, 1.165) is 19.3 Å². The minimum atomic E-state index is -0.251. The quantitative estimate of drug-likeness (QED) is 0.699. The summed E-state index contributed by atoms with van der Waals surface area (Å²) in [6.07, 6.45) is 3.30. The van der Waals surface area contributed by atoms with Crippen molar-refractivity contribution in [2.75, 3.05) is 6.54 Å². The fraction of sp³-hybridized carbons (Fsp3) is 0.818. The number of hydrogen-bond donors (Lipinski definition) is 1. The van der Waals surface area contributed by atoms with Crippen LogP contribution in [0.15, 0.2) is 0 Å². The van der Waals surface area contributed by atoms with Crippen molar-refractivity contribution in [3.8, 4) is 0 Å². The summed E-state index contributed by atoms with van der Waals surface area (Å²) in [6.45, 7) is 4.01. The van der Waals surface area contributed by atoms with Crippen molar-refractivity contribution >= 4 is 11.9 Å². The minimum Gasteiger partial charge on any atom is -0.463 e. The second kappa shape index (κ2) is 5.73. The maximum absolute atomic E-state index is 11.4. The van der Waals surface area contributed by atoms with Crippen molar-refractivity contribution in [3.05, 3.63) is 0 Å². The molecule has 15 heavy (non-hydrogen) atoms. The summed E-state index contributed by atoms with van der Waals surface area (Å²) in [4.78, 5) is 22.5. The third-order valence-corrected chi connectivity index (χ3v) is 2.47. The lowest BCUT2D eigenvalue weighted by atomic mass is 9.85. The molecule has 86 valence electrons. The van der Waals surface area contributed by atoms with Gasteiger partial charge in [-0.15, -0.1) is 0 Å². The van der Waals surface area contributed by atoms with E-state index in [1.54, 1.807) is 0 Å². The van der Waals surface area contributed by atoms with Crippen molar-refractivity contribution in [1.29, 1.82) is 0 Å². The lowest BCUT2D eigenvalue weighted by Crippen LogP contribution is -2.35. The molecule has 1 aliphatic carbocycles. The van der Waals surface area contributed by atoms with Gasteiger partial charge < -0.3 is 10.1 Å². The first-order chi connectivity index (χ1) is 7.09. The number of nitrogens with one attached hydrogen (secondary N) is 1. The van der Waals surface area contributed by atoms with Gasteiger partial charge in [-0.3, -0.25) is 9.59 Å². The number of carbonyl (C=O) groups excluding carboxylic acids is 2. The van der Waals surface area contributed by atoms with E-state index in [9.17, 15) is 9.59 Å². The largest absolute Gasteiger partial charge is 0.463 e. The molecule has 1 aliphatic rings. The Kier molecular flexibility index (Phi) is 4.59. The monoisotopic (exact) mass is 213 g/mol. The first-order valence-electron chi connectivity index (χ1n) is 5.57. The van der Waals surface area contributed by atoms with Crippen LogP contribution in [0.3, 0.4) is 0 Å². The number of rotatable bonds is 5. The molecule has 1 N–H and O–H groups in total. The Morgan fingerprint density at radius 2 is 2.07 bits per heavy atom. The molecule has 0 atom stereocenters. The van der Waals surface area contributed by atoms with E-state index in [0.29, 0.717) is 6.54 Å². The highest BCUT2D eigenvalue weighted by Gasteiger charge is 2.24. The molecule has 0 radical (unpaired) electrons. The van der Waals surface area contributed by atoms with Gasteiger partial charge in [0.2, 0.25) is 5.91 Å². The average Bonchev–Trinajstić information content (AvgIpc) is 1.98. The zero-order chi connectivity index (χ0) is 11.3. The van der Waals surface area contributed by atoms with E-state index in [-0.39, 0.29) is 30.3 Å². The van der Waals surface area contributed by atoms with E-state index in [1.165, 1.54) is 0 Å². The van der Waals surface area contributed by atoms with Crippen molar-refractivity contribution in [2.24, 2.45) is 5.92 Å². The highest BCUT2D eigenvalue weighted by Crippen LogP contribution is 2.25. The Bertz CT molecular complexity index is 234. The molecule has 1 rings (SSSR count). The molecule has 0 unspecified atom stereocenters. The van der Waals surface area contributed by atoms with Crippen LogP contribution in [0.5, 0.6) is 0 Å². The van der Waals surface area contributed by atoms with Crippen LogP contribution in [0, 0.1) is 5.92 Å². The third kappa shape index (κ3) is 4.32. The molecule has 0 bridgehead atoms. The molecular weight excluding hydrogens is 194 g/mol. The van der Waals surface area contributed by atoms with E-state index >= 15 is 0 Å². The highest BCUT2D eigenvalue weighted by atomic mass is 16.5. The molecule has 0 saturated heterocycles. The number of carbonyl (C=O) groups is 2. The highest BCUT2D eigenvalue weighted by molar-refractivity contribution is 5.80. The number of esters is 1. The maximum atomic E-state index is 11.4. The average molecular weight is 213 g/mol. The lowest BCUT2D eigenvalue weighted by Gasteiger charge is -2.23. The van der Waals surface area contributed by atoms with Crippen LogP contribution in [0.4, 0.5) is 0 Å². The minimum absolute atomic E-state index is 0.0820. The molecule has 4 nitrogen and oxygen atoms in total. The third-order valence-electron chi connectivity index (χ3n) is 2.47. The summed E-state index contributed by atoms with van der Waals surface area (Å²) in [7, 11) is 0. The fourth-order valence-corrected chi connectivity index (χ4v) is 1.42. The van der Waals surface area contributed by atoms with Crippen molar-refractivity contribution < 1.29 is 14.3 Å². The topological polar surface area (TPSA) is 55.4 Å². The van der Waals surface area contributed by atoms with Crippen LogP contribution in [-0.4, -0.2) is 24.5 Å². The van der Waals surface area contributed by atoms with Crippen LogP contribution in [0.2, 0.25) is 0 Å². The van der Waals surface area contributed by atoms with Gasteiger partial charge in [0.25, 0.3) is 0 Å². The summed E-state index contributed by atoms with van der Waals surface area (Å²) < 4.78 is 4.94. The molecule has 1 amide bonds. The molecule has 0 heterocycles. The van der Waals surface area contributed by atoms with Gasteiger partial charge in [0.15, 0.2) is 0 Å². The second-order valence-corrected chi connectivity index (χ2v) is 4.21. The molecule has 0 aromatic carbocycles. The van der Waals surface area contributed by atoms with Gasteiger partial charge >= 0.3 is 5.97 Å². The van der Waals surface area contributed by atoms with E-state index in [2.05, 4.69) is 5.32 Å². The zero-order valence-electron chi connectivity index (χ0n) is 9.41. The summed E-state index contributed by atoms with van der Waals surface area (Å²) in [5, 5.41) is 2.75. The normalized spacial score (nSPS) is 15.9. The van der Waals surface area contributed by atoms with Gasteiger partial charge in [-0.25, -0.2) is 0 Å². The Morgan fingerprint density at radius 3 is 2.53 bits per heavy atom. The van der Waals surface area contributed by atoms with Crippen LogP contribution < -0.4 is 5.32 Å². The first kappa shape index (κ1) is 12.0. The first-order valence-corrected chi connectivity index (χ1v) is 5.57. The summed E-state index contributed by atoms with van der Waals surface area (Å²) in [6, 6.07) is 0. The van der Waals surface area contributed by atoms with Crippen molar-refractivity contribution in [1.82, 2.24) is 5.32 Å². The van der Waals surface area contributed by atoms with Gasteiger partial charge in [-0.2, -0.15) is 0 Å². The molecule has 0 aromatic rings. The molecule has 0 spiro atoms. The summed E-state index contributed by atoms with van der Waals surface area (Å²) in [5.74, 6) is 0.0172. The van der Waals surface area contributed by atoms with Crippen molar-refractivity contribution in [2.45, 2.75) is 45.6 Å². The Balaban J connectivity index is 2.04. The predicted octanol–water partition coefficient (Wildman–Crippen LogP) is 1.24. The predicted molar refractivity (Wildman–Crippen MR) is 56.2 cm³/mol. The zero-order valence-corrected chi connectivity index (χ0v) is 9.41. The standard InChI is InChI=1S/C11H19NO3/c1-8(2)15-10(13)6-7-12-11(14)9-4-3-5-9/h8-9H,3-7H2,1-2H3,(H,12,14). The fourth-order valence-electron chi connectivity index (χ4n) is 1.42. The lowest BCUT2D eigenvalue weighted by molar-refractivity contribution is -0.147. The van der Waals surface area contributed by atoms with Crippen molar-refractivity contribution in [3.63, 3.8) is 0 Å². The summed E-state index contributed by atoms with van der Waals surface area (Å²) in [5.41, 5.74) is 0. The van der Waals surface area contributed by atoms with E-state index in [4.69, 9.17) is 4.74 Å². The SMILES string of the molecule is CC(C)OC(=O)CCNC(=O)C1CCC1. The molecule has 0 aromatic heterocycles. The van der Waals surface area contributed by atoms with Crippen LogP contribution >= 0.6 is 0 Å². The Morgan fingerprint density at radius 1 is 1.40 bits per heavy atom. The number of ether oxygens (including phenoxy) is 1. The number of amides is 1. The second-order valence-electron chi connectivity index (χ2n) is 4.21. The molecule has 4 heteroatoms. The molecule has 1 saturated carbocycles.